The van der Waals surface area contributed by atoms with Crippen LogP contribution in [0.5, 0.6) is 17.5 Å². The number of carbonyl (C=O) groups is 3. The van der Waals surface area contributed by atoms with Crippen LogP contribution >= 0.6 is 0 Å². The Morgan fingerprint density at radius 2 is 1.71 bits per heavy atom. The number of ether oxygens (including phenoxy) is 7. The second-order valence-corrected chi connectivity index (χ2v) is 12.9. The molecule has 2 aromatic carbocycles. The summed E-state index contributed by atoms with van der Waals surface area (Å²) in [7, 11) is 2.88. The van der Waals surface area contributed by atoms with Crippen molar-refractivity contribution in [3.8, 4) is 23.5 Å². The molecule has 56 heavy (non-hydrogen) atoms. The Morgan fingerprint density at radius 1 is 1.00 bits per heavy atom. The predicted molar refractivity (Wildman–Crippen MR) is 197 cm³/mol. The predicted octanol–water partition coefficient (Wildman–Crippen LogP) is 4.70. The lowest BCUT2D eigenvalue weighted by Crippen LogP contribution is -2.32. The molecule has 0 aliphatic carbocycles. The third-order valence-corrected chi connectivity index (χ3v) is 7.74. The molecule has 1 atom stereocenters. The van der Waals surface area contributed by atoms with Gasteiger partial charge in [0, 0.05) is 43.6 Å². The summed E-state index contributed by atoms with van der Waals surface area (Å²) in [4.78, 5) is 49.3. The van der Waals surface area contributed by atoms with Crippen LogP contribution in [0.25, 0.3) is 5.95 Å². The molecule has 0 saturated carbocycles. The molecule has 1 amide bonds. The number of nitrogens with zero attached hydrogens (tertiary/aromatic N) is 5. The number of rotatable bonds is 19. The number of methoxy groups -OCH3 is 2. The van der Waals surface area contributed by atoms with Crippen molar-refractivity contribution >= 4 is 23.9 Å². The molecular formula is C38H44FN7O10. The monoisotopic (exact) mass is 777 g/mol. The number of amides is 1. The van der Waals surface area contributed by atoms with Crippen LogP contribution in [0, 0.1) is 16.6 Å². The molecule has 17 nitrogen and oxygen atoms in total. The first kappa shape index (κ1) is 42.3. The van der Waals surface area contributed by atoms with Crippen LogP contribution in [0.1, 0.15) is 56.1 Å². The van der Waals surface area contributed by atoms with Gasteiger partial charge in [0.1, 0.15) is 31.4 Å². The minimum absolute atomic E-state index is 0.00385. The van der Waals surface area contributed by atoms with Crippen molar-refractivity contribution in [1.29, 1.82) is 5.41 Å². The number of carbonyl (C=O) groups excluding carboxylic acids is 3. The molecule has 298 valence electrons. The number of halogens is 1. The average Bonchev–Trinajstić information content (AvgIpc) is 3.59. The minimum atomic E-state index is -0.968. The molecule has 0 saturated heterocycles. The number of esters is 2. The fourth-order valence-electron chi connectivity index (χ4n) is 5.02. The fourth-order valence-corrected chi connectivity index (χ4v) is 5.02. The highest BCUT2D eigenvalue weighted by Crippen LogP contribution is 2.37. The highest BCUT2D eigenvalue weighted by Gasteiger charge is 2.31. The van der Waals surface area contributed by atoms with Crippen LogP contribution in [-0.4, -0.2) is 96.0 Å². The number of alkyl carbamates (subject to hydrolysis) is 1. The highest BCUT2D eigenvalue weighted by molar-refractivity contribution is 6.04. The lowest BCUT2D eigenvalue weighted by atomic mass is 9.90. The molecule has 0 fully saturated rings. The molecule has 2 heterocycles. The second-order valence-electron chi connectivity index (χ2n) is 12.9. The zero-order chi connectivity index (χ0) is 40.8. The van der Waals surface area contributed by atoms with Gasteiger partial charge in [-0.05, 0) is 50.5 Å². The van der Waals surface area contributed by atoms with Gasteiger partial charge in [0.2, 0.25) is 6.79 Å². The third-order valence-electron chi connectivity index (χ3n) is 7.74. The Bertz CT molecular complexity index is 2010. The van der Waals surface area contributed by atoms with Crippen molar-refractivity contribution in [2.45, 2.75) is 40.0 Å². The zero-order valence-electron chi connectivity index (χ0n) is 31.9. The van der Waals surface area contributed by atoms with Crippen molar-refractivity contribution in [3.05, 3.63) is 95.3 Å². The van der Waals surface area contributed by atoms with E-state index in [0.29, 0.717) is 16.7 Å². The summed E-state index contributed by atoms with van der Waals surface area (Å²) in [6, 6.07) is 10.9. The van der Waals surface area contributed by atoms with E-state index in [2.05, 4.69) is 31.9 Å². The van der Waals surface area contributed by atoms with Crippen LogP contribution < -0.4 is 19.5 Å². The summed E-state index contributed by atoms with van der Waals surface area (Å²) in [5.41, 5.74) is 0.760. The Hall–Kier alpha value is -6.43. The lowest BCUT2D eigenvalue weighted by molar-refractivity contribution is -0.163. The molecule has 0 radical (unpaired) electrons. The summed E-state index contributed by atoms with van der Waals surface area (Å²) in [5.74, 6) is -2.86. The van der Waals surface area contributed by atoms with E-state index < -0.39 is 42.0 Å². The molecule has 0 spiro atoms. The van der Waals surface area contributed by atoms with Crippen LogP contribution in [0.2, 0.25) is 0 Å². The van der Waals surface area contributed by atoms with Crippen LogP contribution in [0.3, 0.4) is 0 Å². The van der Waals surface area contributed by atoms with Gasteiger partial charge in [0.25, 0.3) is 5.95 Å². The van der Waals surface area contributed by atoms with Crippen LogP contribution in [0.15, 0.2) is 67.0 Å². The Morgan fingerprint density at radius 3 is 2.36 bits per heavy atom. The van der Waals surface area contributed by atoms with E-state index in [-0.39, 0.29) is 73.5 Å². The summed E-state index contributed by atoms with van der Waals surface area (Å²) in [6.07, 6.45) is 2.23. The summed E-state index contributed by atoms with van der Waals surface area (Å²) in [5, 5.41) is 15.4. The maximum atomic E-state index is 16.6. The highest BCUT2D eigenvalue weighted by atomic mass is 19.1. The number of nitrogens with one attached hydrogen (secondary N) is 2. The molecule has 4 rings (SSSR count). The van der Waals surface area contributed by atoms with Gasteiger partial charge in [-0.3, -0.25) is 20.3 Å². The van der Waals surface area contributed by atoms with E-state index >= 15 is 4.39 Å². The topological polar surface area (TPSA) is 208 Å². The fraction of sp³-hybridized carbons (Fsp3) is 0.368. The van der Waals surface area contributed by atoms with Gasteiger partial charge in [0.05, 0.1) is 25.0 Å². The number of benzene rings is 2. The smallest absolute Gasteiger partial charge is 0.413 e. The number of aromatic nitrogens is 5. The summed E-state index contributed by atoms with van der Waals surface area (Å²) < 4.78 is 55.2. The minimum Gasteiger partial charge on any atom is -0.497 e. The second kappa shape index (κ2) is 19.8. The molecule has 0 bridgehead atoms. The molecule has 4 aromatic rings. The van der Waals surface area contributed by atoms with E-state index in [4.69, 9.17) is 38.6 Å². The van der Waals surface area contributed by atoms with E-state index in [0.717, 1.165) is 0 Å². The zero-order valence-corrected chi connectivity index (χ0v) is 31.9. The van der Waals surface area contributed by atoms with Gasteiger partial charge in [-0.1, -0.05) is 30.8 Å². The molecule has 0 aliphatic rings. The first-order valence-electron chi connectivity index (χ1n) is 17.1. The van der Waals surface area contributed by atoms with E-state index in [1.54, 1.807) is 51.1 Å². The Kier molecular flexibility index (Phi) is 14.9. The van der Waals surface area contributed by atoms with Crippen molar-refractivity contribution in [2.75, 3.05) is 47.4 Å². The van der Waals surface area contributed by atoms with E-state index in [1.165, 1.54) is 50.4 Å². The Labute approximate surface area is 322 Å². The Balaban J connectivity index is 1.74. The van der Waals surface area contributed by atoms with Gasteiger partial charge in [-0.15, -0.1) is 9.78 Å². The SMILES string of the molecule is C=C(C)COC(=O)NC(=N)c1ccc(C[C@@H](c2nc(OCOC(=O)C(C)(C)COC)n(-c3ncccn3)n2)c2cc(OC)cc(OCCOC(C)=O)c2F)cc1. The third kappa shape index (κ3) is 11.8. The molecular weight excluding hydrogens is 733 g/mol. The van der Waals surface area contributed by atoms with Crippen molar-refractivity contribution in [3.63, 3.8) is 0 Å². The van der Waals surface area contributed by atoms with Crippen molar-refractivity contribution in [2.24, 2.45) is 5.41 Å². The van der Waals surface area contributed by atoms with E-state index in [9.17, 15) is 14.4 Å². The molecule has 2 N–H and O–H groups in total. The molecule has 0 aliphatic heterocycles. The number of amidine groups is 1. The van der Waals surface area contributed by atoms with Crippen LogP contribution in [0.4, 0.5) is 9.18 Å². The first-order valence-corrected chi connectivity index (χ1v) is 17.1. The van der Waals surface area contributed by atoms with Gasteiger partial charge in [-0.25, -0.2) is 19.2 Å². The standard InChI is InChI=1S/C38H44FN7O10/c1-23(2)20-54-37(49)43-32(40)26-11-9-25(10-12-26)17-29(28-18-27(51-7)19-30(31(28)39)53-16-15-52-24(3)47)33-44-36(46(45-33)35-41-13-8-14-42-35)56-22-55-34(48)38(4,5)21-50-6/h8-14,18-19,29H,1,15-17,20-22H2,2-7H3,(H2,40,43,49)/t29-/m1/s1. The van der Waals surface area contributed by atoms with Gasteiger partial charge >= 0.3 is 24.0 Å². The van der Waals surface area contributed by atoms with Gasteiger partial charge in [-0.2, -0.15) is 4.98 Å². The maximum absolute atomic E-state index is 16.6. The van der Waals surface area contributed by atoms with Gasteiger partial charge < -0.3 is 33.2 Å². The maximum Gasteiger partial charge on any atom is 0.413 e. The van der Waals surface area contributed by atoms with Crippen LogP contribution in [-0.2, 0) is 35.0 Å². The molecule has 2 aromatic heterocycles. The van der Waals surface area contributed by atoms with Gasteiger partial charge in [0.15, 0.2) is 17.4 Å². The molecule has 18 heteroatoms. The molecule has 0 unspecified atom stereocenters. The van der Waals surface area contributed by atoms with Crippen molar-refractivity contribution in [1.82, 2.24) is 30.0 Å². The first-order chi connectivity index (χ1) is 26.7. The lowest BCUT2D eigenvalue weighted by Gasteiger charge is -2.21. The quantitative estimate of drug-likeness (QED) is 0.0252. The summed E-state index contributed by atoms with van der Waals surface area (Å²) >= 11 is 0. The van der Waals surface area contributed by atoms with E-state index in [1.807, 2.05) is 0 Å². The summed E-state index contributed by atoms with van der Waals surface area (Å²) in [6.45, 7) is 9.23. The average molecular weight is 778 g/mol. The van der Waals surface area contributed by atoms with Crippen molar-refractivity contribution < 1.29 is 51.9 Å². The number of hydrogen-bond acceptors (Lipinski definition) is 15. The largest absolute Gasteiger partial charge is 0.497 e. The number of hydrogen-bond donors (Lipinski definition) is 2. The normalized spacial score (nSPS) is 11.6.